The lowest BCUT2D eigenvalue weighted by Gasteiger charge is -2.06. The third kappa shape index (κ3) is 1.91. The van der Waals surface area contributed by atoms with Crippen molar-refractivity contribution in [2.45, 2.75) is 6.92 Å². The highest BCUT2D eigenvalue weighted by atomic mass is 16.2. The van der Waals surface area contributed by atoms with Crippen molar-refractivity contribution in [3.63, 3.8) is 0 Å². The van der Waals surface area contributed by atoms with E-state index < -0.39 is 0 Å². The van der Waals surface area contributed by atoms with Gasteiger partial charge in [-0.3, -0.25) is 0 Å². The van der Waals surface area contributed by atoms with Crippen LogP contribution in [-0.2, 0) is 0 Å². The van der Waals surface area contributed by atoms with E-state index in [4.69, 9.17) is 0 Å². The van der Waals surface area contributed by atoms with Crippen molar-refractivity contribution >= 4 is 5.65 Å². The largest absolute Gasteiger partial charge is 0.364 e. The first-order valence-corrected chi connectivity index (χ1v) is 6.79. The number of aryl methyl sites for hydroxylation is 1. The van der Waals surface area contributed by atoms with E-state index in [-0.39, 0.29) is 5.69 Å². The molecule has 0 aliphatic heterocycles. The molecule has 0 spiro atoms. The van der Waals surface area contributed by atoms with Gasteiger partial charge in [0.2, 0.25) is 0 Å². The Morgan fingerprint density at radius 3 is 2.68 bits per heavy atom. The number of hydrogen-bond donors (Lipinski definition) is 1. The minimum atomic E-state index is -0.373. The van der Waals surface area contributed by atoms with Crippen LogP contribution in [0.5, 0.6) is 0 Å². The summed E-state index contributed by atoms with van der Waals surface area (Å²) in [5, 5.41) is 15.0. The predicted molar refractivity (Wildman–Crippen MR) is 80.9 cm³/mol. The zero-order chi connectivity index (χ0) is 15.1. The van der Waals surface area contributed by atoms with Crippen LogP contribution in [0.2, 0.25) is 0 Å². The van der Waals surface area contributed by atoms with Gasteiger partial charge in [0.25, 0.3) is 0 Å². The number of nitrogens with zero attached hydrogens (tertiary/aromatic N) is 5. The fraction of sp³-hybridized carbons (Fsp3) is 0.0667. The minimum absolute atomic E-state index is 0.373. The summed E-state index contributed by atoms with van der Waals surface area (Å²) >= 11 is 0. The summed E-state index contributed by atoms with van der Waals surface area (Å²) in [4.78, 5) is 11.7. The average Bonchev–Trinajstić information content (AvgIpc) is 3.11. The van der Waals surface area contributed by atoms with Gasteiger partial charge in [-0.25, -0.2) is 14.6 Å². The maximum atomic E-state index is 11.7. The number of H-pyrrole nitrogens is 1. The Kier molecular flexibility index (Phi) is 2.65. The van der Waals surface area contributed by atoms with Gasteiger partial charge >= 0.3 is 5.69 Å². The van der Waals surface area contributed by atoms with Crippen LogP contribution in [0, 0.1) is 6.92 Å². The molecule has 108 valence electrons. The van der Waals surface area contributed by atoms with E-state index in [9.17, 15) is 4.79 Å². The van der Waals surface area contributed by atoms with Gasteiger partial charge in [-0.15, -0.1) is 5.10 Å². The maximum absolute atomic E-state index is 11.7. The summed E-state index contributed by atoms with van der Waals surface area (Å²) in [6.45, 7) is 1.92. The van der Waals surface area contributed by atoms with Crippen LogP contribution in [0.25, 0.3) is 22.7 Å². The molecule has 3 aromatic heterocycles. The molecule has 4 aromatic rings. The molecule has 0 amide bonds. The Balaban J connectivity index is 1.95. The minimum Gasteiger partial charge on any atom is -0.244 e. The molecule has 4 rings (SSSR count). The quantitative estimate of drug-likeness (QED) is 0.608. The molecule has 22 heavy (non-hydrogen) atoms. The van der Waals surface area contributed by atoms with E-state index in [0.29, 0.717) is 11.5 Å². The number of aromatic nitrogens is 6. The van der Waals surface area contributed by atoms with E-state index in [2.05, 4.69) is 20.4 Å². The number of benzene rings is 1. The highest BCUT2D eigenvalue weighted by Crippen LogP contribution is 2.22. The first kappa shape index (κ1) is 12.5. The van der Waals surface area contributed by atoms with Gasteiger partial charge in [0, 0.05) is 5.56 Å². The third-order valence-corrected chi connectivity index (χ3v) is 3.38. The van der Waals surface area contributed by atoms with E-state index in [1.165, 1.54) is 4.52 Å². The van der Waals surface area contributed by atoms with Gasteiger partial charge in [-0.2, -0.15) is 14.7 Å². The van der Waals surface area contributed by atoms with Gasteiger partial charge in [-0.1, -0.05) is 30.3 Å². The summed E-state index contributed by atoms with van der Waals surface area (Å²) in [5.41, 5.74) is 2.92. The zero-order valence-electron chi connectivity index (χ0n) is 11.8. The van der Waals surface area contributed by atoms with E-state index in [0.717, 1.165) is 17.0 Å². The molecule has 1 N–H and O–H groups in total. The Morgan fingerprint density at radius 2 is 1.86 bits per heavy atom. The molecule has 3 heterocycles. The number of rotatable bonds is 2. The SMILES string of the molecule is Cc1cc(-c2ccccc2)n(-c2ccc3n[nH]c(=O)n3n2)n1. The van der Waals surface area contributed by atoms with Crippen LogP contribution in [0.15, 0.2) is 53.3 Å². The second-order valence-corrected chi connectivity index (χ2v) is 4.94. The molecule has 0 unspecified atom stereocenters. The second kappa shape index (κ2) is 4.66. The second-order valence-electron chi connectivity index (χ2n) is 4.94. The fourth-order valence-electron chi connectivity index (χ4n) is 2.39. The Hall–Kier alpha value is -3.22. The molecular weight excluding hydrogens is 280 g/mol. The lowest BCUT2D eigenvalue weighted by Crippen LogP contribution is -2.14. The van der Waals surface area contributed by atoms with Crippen LogP contribution in [0.1, 0.15) is 5.69 Å². The number of fused-ring (bicyclic) bond motifs is 1. The lowest BCUT2D eigenvalue weighted by atomic mass is 10.1. The summed E-state index contributed by atoms with van der Waals surface area (Å²) in [6.07, 6.45) is 0. The molecule has 1 aromatic carbocycles. The van der Waals surface area contributed by atoms with Crippen LogP contribution in [-0.4, -0.2) is 29.6 Å². The summed E-state index contributed by atoms with van der Waals surface area (Å²) in [6, 6.07) is 15.4. The van der Waals surface area contributed by atoms with Crippen LogP contribution < -0.4 is 5.69 Å². The molecule has 0 aliphatic carbocycles. The van der Waals surface area contributed by atoms with Crippen molar-refractivity contribution in [2.75, 3.05) is 0 Å². The molecule has 7 heteroatoms. The van der Waals surface area contributed by atoms with Crippen molar-refractivity contribution in [2.24, 2.45) is 0 Å². The zero-order valence-corrected chi connectivity index (χ0v) is 11.8. The van der Waals surface area contributed by atoms with Gasteiger partial charge < -0.3 is 0 Å². The van der Waals surface area contributed by atoms with Crippen molar-refractivity contribution in [3.8, 4) is 17.1 Å². The molecule has 0 atom stereocenters. The Bertz CT molecular complexity index is 1010. The highest BCUT2D eigenvalue weighted by Gasteiger charge is 2.12. The summed E-state index contributed by atoms with van der Waals surface area (Å²) in [5.74, 6) is 0.558. The van der Waals surface area contributed by atoms with Gasteiger partial charge in [0.15, 0.2) is 11.5 Å². The molecule has 0 fully saturated rings. The topological polar surface area (TPSA) is 80.9 Å². The number of aromatic amines is 1. The van der Waals surface area contributed by atoms with Crippen molar-refractivity contribution in [3.05, 3.63) is 64.7 Å². The van der Waals surface area contributed by atoms with Crippen LogP contribution in [0.3, 0.4) is 0 Å². The van der Waals surface area contributed by atoms with E-state index >= 15 is 0 Å². The molecular formula is C15H12N6O. The summed E-state index contributed by atoms with van der Waals surface area (Å²) in [7, 11) is 0. The average molecular weight is 292 g/mol. The fourth-order valence-corrected chi connectivity index (χ4v) is 2.39. The monoisotopic (exact) mass is 292 g/mol. The Morgan fingerprint density at radius 1 is 1.05 bits per heavy atom. The standard InChI is InChI=1S/C15H12N6O/c1-10-9-12(11-5-3-2-4-6-11)20(18-10)14-8-7-13-16-17-15(22)21(13)19-14/h2-9H,1H3,(H,17,22). The Labute approximate surface area is 124 Å². The van der Waals surface area contributed by atoms with Crippen LogP contribution in [0.4, 0.5) is 0 Å². The van der Waals surface area contributed by atoms with Crippen molar-refractivity contribution in [1.82, 2.24) is 29.6 Å². The number of hydrogen-bond acceptors (Lipinski definition) is 4. The molecule has 0 saturated carbocycles. The van der Waals surface area contributed by atoms with E-state index in [1.54, 1.807) is 16.8 Å². The van der Waals surface area contributed by atoms with Gasteiger partial charge in [0.1, 0.15) is 0 Å². The predicted octanol–water partition coefficient (Wildman–Crippen LogP) is 1.58. The molecule has 0 radical (unpaired) electrons. The lowest BCUT2D eigenvalue weighted by molar-refractivity contribution is 0.776. The molecule has 0 saturated heterocycles. The molecule has 0 aliphatic rings. The molecule has 7 nitrogen and oxygen atoms in total. The first-order chi connectivity index (χ1) is 10.7. The van der Waals surface area contributed by atoms with Crippen molar-refractivity contribution < 1.29 is 0 Å². The molecule has 0 bridgehead atoms. The van der Waals surface area contributed by atoms with Gasteiger partial charge in [-0.05, 0) is 25.1 Å². The highest BCUT2D eigenvalue weighted by molar-refractivity contribution is 5.62. The third-order valence-electron chi connectivity index (χ3n) is 3.38. The smallest absolute Gasteiger partial charge is 0.244 e. The van der Waals surface area contributed by atoms with Crippen LogP contribution >= 0.6 is 0 Å². The van der Waals surface area contributed by atoms with Crippen molar-refractivity contribution in [1.29, 1.82) is 0 Å². The van der Waals surface area contributed by atoms with Gasteiger partial charge in [0.05, 0.1) is 11.4 Å². The number of nitrogens with one attached hydrogen (secondary N) is 1. The van der Waals surface area contributed by atoms with E-state index in [1.807, 2.05) is 43.3 Å². The normalized spacial score (nSPS) is 11.1. The first-order valence-electron chi connectivity index (χ1n) is 6.79. The maximum Gasteiger partial charge on any atom is 0.364 e. The summed E-state index contributed by atoms with van der Waals surface area (Å²) < 4.78 is 2.95.